The number of aromatic hydroxyl groups is 4. The first-order valence-corrected chi connectivity index (χ1v) is 15.2. The zero-order valence-electron chi connectivity index (χ0n) is 21.4. The third-order valence-electron chi connectivity index (χ3n) is 6.14. The van der Waals surface area contributed by atoms with Crippen LogP contribution in [0.2, 0.25) is 0 Å². The standard InChI is InChI=1S/C22H34N2O14P2.CH4.Fe/c25-7-15-1-13(21(31)4-22(15)32)5-23(11-39(33,34)35)17(9-27)18(10-28)24(12-40(36,37)38)6-14-2-20(30)16(8-26)3-19(14)29;;/h1-4,17-18,25-32H,5-12H2,(H2,33,34,35)(H2,36,37,38);1H4;/q;;+2/t17?,18-;;/m1../s1. The molecule has 0 aliphatic carbocycles. The molecule has 0 amide bonds. The van der Waals surface area contributed by atoms with E-state index in [9.17, 15) is 69.6 Å². The molecule has 0 saturated carbocycles. The Bertz CT molecular complexity index is 1260. The molecular formula is C23H38FeN2O14P2+2. The van der Waals surface area contributed by atoms with Gasteiger partial charge in [-0.1, -0.05) is 7.43 Å². The fourth-order valence-corrected chi connectivity index (χ4v) is 5.83. The number of nitrogens with zero attached hydrogens (tertiary/aromatic N) is 2. The molecule has 2 rings (SSSR count). The van der Waals surface area contributed by atoms with Crippen molar-refractivity contribution < 1.29 is 86.6 Å². The molecule has 0 aliphatic rings. The first-order chi connectivity index (χ1) is 18.5. The Hall–Kier alpha value is -1.78. The summed E-state index contributed by atoms with van der Waals surface area (Å²) in [6, 6.07) is 1.16. The van der Waals surface area contributed by atoms with E-state index < -0.39 is 102 Å². The van der Waals surface area contributed by atoms with E-state index in [1.807, 2.05) is 0 Å². The average molecular weight is 684 g/mol. The summed E-state index contributed by atoms with van der Waals surface area (Å²) in [7, 11) is -9.80. The second kappa shape index (κ2) is 16.9. The van der Waals surface area contributed by atoms with Crippen LogP contribution in [-0.2, 0) is 52.5 Å². The van der Waals surface area contributed by atoms with Gasteiger partial charge in [0.25, 0.3) is 0 Å². The number of aliphatic hydroxyl groups excluding tert-OH is 4. The van der Waals surface area contributed by atoms with Crippen molar-refractivity contribution in [3.8, 4) is 23.0 Å². The Morgan fingerprint density at radius 2 is 0.881 bits per heavy atom. The summed E-state index contributed by atoms with van der Waals surface area (Å²) in [5.74, 6) is -1.91. The molecule has 2 atom stereocenters. The summed E-state index contributed by atoms with van der Waals surface area (Å²) in [5.41, 5.74) is -0.218. The van der Waals surface area contributed by atoms with Gasteiger partial charge >= 0.3 is 32.3 Å². The molecule has 19 heteroatoms. The van der Waals surface area contributed by atoms with E-state index in [0.29, 0.717) is 0 Å². The Balaban J connectivity index is 0.00000840. The fourth-order valence-electron chi connectivity index (χ4n) is 4.26. The minimum absolute atomic E-state index is 0. The Kier molecular flexibility index (Phi) is 16.2. The predicted octanol–water partition coefficient (Wildman–Crippen LogP) is -0.576. The number of phenols is 4. The van der Waals surface area contributed by atoms with Crippen molar-refractivity contribution in [2.75, 3.05) is 25.8 Å². The minimum atomic E-state index is -4.90. The van der Waals surface area contributed by atoms with Gasteiger partial charge in [0.05, 0.1) is 38.5 Å². The van der Waals surface area contributed by atoms with Crippen molar-refractivity contribution in [3.63, 3.8) is 0 Å². The van der Waals surface area contributed by atoms with Crippen molar-refractivity contribution in [3.05, 3.63) is 46.5 Å². The van der Waals surface area contributed by atoms with Crippen LogP contribution in [-0.4, -0.2) is 108 Å². The molecule has 0 spiro atoms. The van der Waals surface area contributed by atoms with Crippen molar-refractivity contribution in [1.29, 1.82) is 0 Å². The quantitative estimate of drug-likeness (QED) is 0.0635. The SMILES string of the molecule is C.O=P(O)(O)CN(Cc1cc(CO)c(O)cc1O)C(CO)[C@@H](CO)N(Cc1cc(O)c(CO)cc1O)CP(=O)(O)O.[Fe+2]. The Labute approximate surface area is 252 Å². The van der Waals surface area contributed by atoms with Crippen LogP contribution in [0, 0.1) is 0 Å². The topological polar surface area (TPSA) is 283 Å². The Morgan fingerprint density at radius 3 is 1.26 bits per heavy atom. The van der Waals surface area contributed by atoms with E-state index in [1.165, 1.54) is 0 Å². The number of aliphatic hydroxyl groups is 4. The number of benzene rings is 2. The first kappa shape index (κ1) is 40.2. The average Bonchev–Trinajstić information content (AvgIpc) is 2.83. The zero-order valence-corrected chi connectivity index (χ0v) is 24.3. The van der Waals surface area contributed by atoms with Gasteiger partial charge in [0.15, 0.2) is 0 Å². The molecule has 0 radical (unpaired) electrons. The molecule has 0 bridgehead atoms. The molecule has 12 N–H and O–H groups in total. The molecule has 0 aromatic heterocycles. The van der Waals surface area contributed by atoms with Crippen molar-refractivity contribution >= 4 is 15.2 Å². The summed E-state index contributed by atoms with van der Waals surface area (Å²) in [6.45, 7) is -4.18. The van der Waals surface area contributed by atoms with E-state index in [0.717, 1.165) is 34.1 Å². The van der Waals surface area contributed by atoms with Crippen LogP contribution in [0.1, 0.15) is 29.7 Å². The van der Waals surface area contributed by atoms with Gasteiger partial charge in [0.2, 0.25) is 0 Å². The fraction of sp³-hybridized carbons (Fsp3) is 0.478. The van der Waals surface area contributed by atoms with Crippen LogP contribution in [0.5, 0.6) is 23.0 Å². The maximum absolute atomic E-state index is 12.0. The molecule has 2 aromatic carbocycles. The van der Waals surface area contributed by atoms with E-state index in [4.69, 9.17) is 0 Å². The second-order valence-electron chi connectivity index (χ2n) is 9.14. The second-order valence-corrected chi connectivity index (χ2v) is 12.4. The number of rotatable bonds is 15. The summed E-state index contributed by atoms with van der Waals surface area (Å²) in [6.07, 6.45) is -2.11. The molecule has 240 valence electrons. The van der Waals surface area contributed by atoms with Crippen molar-refractivity contribution in [2.45, 2.75) is 45.8 Å². The van der Waals surface area contributed by atoms with Crippen molar-refractivity contribution in [2.24, 2.45) is 0 Å². The van der Waals surface area contributed by atoms with Crippen LogP contribution in [0.25, 0.3) is 0 Å². The van der Waals surface area contributed by atoms with Crippen molar-refractivity contribution in [1.82, 2.24) is 9.80 Å². The van der Waals surface area contributed by atoms with E-state index >= 15 is 0 Å². The van der Waals surface area contributed by atoms with Gasteiger partial charge in [-0.2, -0.15) is 0 Å². The molecule has 1 unspecified atom stereocenters. The summed E-state index contributed by atoms with van der Waals surface area (Å²) < 4.78 is 24.0. The van der Waals surface area contributed by atoms with Gasteiger partial charge in [-0.15, -0.1) is 0 Å². The molecule has 16 nitrogen and oxygen atoms in total. The molecule has 0 aliphatic heterocycles. The third-order valence-corrected chi connectivity index (χ3v) is 7.60. The maximum atomic E-state index is 12.0. The number of hydrogen-bond acceptors (Lipinski definition) is 12. The molecule has 0 heterocycles. The van der Waals surface area contributed by atoms with Gasteiger partial charge < -0.3 is 60.4 Å². The van der Waals surface area contributed by atoms with E-state index in [-0.39, 0.29) is 46.7 Å². The Morgan fingerprint density at radius 1 is 0.571 bits per heavy atom. The molecule has 42 heavy (non-hydrogen) atoms. The van der Waals surface area contributed by atoms with Gasteiger partial charge in [0.1, 0.15) is 35.6 Å². The first-order valence-electron chi connectivity index (χ1n) is 11.6. The smallest absolute Gasteiger partial charge is 0.508 e. The van der Waals surface area contributed by atoms with Crippen LogP contribution in [0.3, 0.4) is 0 Å². The van der Waals surface area contributed by atoms with E-state index in [2.05, 4.69) is 0 Å². The summed E-state index contributed by atoms with van der Waals surface area (Å²) in [5, 5.41) is 79.9. The van der Waals surface area contributed by atoms with Crippen LogP contribution >= 0.6 is 15.2 Å². The van der Waals surface area contributed by atoms with Gasteiger partial charge in [-0.25, -0.2) is 0 Å². The molecule has 2 aromatic rings. The van der Waals surface area contributed by atoms with Gasteiger partial charge in [0, 0.05) is 41.4 Å². The predicted molar refractivity (Wildman–Crippen MR) is 145 cm³/mol. The number of hydrogen-bond donors (Lipinski definition) is 12. The monoisotopic (exact) mass is 684 g/mol. The van der Waals surface area contributed by atoms with Crippen LogP contribution in [0.15, 0.2) is 24.3 Å². The molecule has 0 fully saturated rings. The maximum Gasteiger partial charge on any atom is 2.00 e. The third kappa shape index (κ3) is 11.4. The molecule has 0 saturated heterocycles. The number of phenolic OH excluding ortho intramolecular Hbond substituents is 2. The van der Waals surface area contributed by atoms with E-state index in [1.54, 1.807) is 0 Å². The van der Waals surface area contributed by atoms with Gasteiger partial charge in [-0.05, 0) is 18.2 Å². The van der Waals surface area contributed by atoms with Gasteiger partial charge in [-0.3, -0.25) is 18.9 Å². The summed E-state index contributed by atoms with van der Waals surface area (Å²) in [4.78, 5) is 40.8. The zero-order chi connectivity index (χ0) is 30.4. The molecular weight excluding hydrogens is 646 g/mol. The van der Waals surface area contributed by atoms with Crippen LogP contribution in [0.4, 0.5) is 0 Å². The minimum Gasteiger partial charge on any atom is -0.508 e. The normalized spacial score (nSPS) is 13.5. The summed E-state index contributed by atoms with van der Waals surface area (Å²) >= 11 is 0. The van der Waals surface area contributed by atoms with Crippen LogP contribution < -0.4 is 0 Å². The largest absolute Gasteiger partial charge is 2.00 e.